The molecule has 0 aliphatic carbocycles. The molecule has 168 valence electrons. The van der Waals surface area contributed by atoms with Crippen LogP contribution in [-0.2, 0) is 21.3 Å². The molecular formula is C22H22ClN3O5S. The Kier molecular flexibility index (Phi) is 6.61. The van der Waals surface area contributed by atoms with Crippen molar-refractivity contribution in [2.24, 2.45) is 0 Å². The summed E-state index contributed by atoms with van der Waals surface area (Å²) in [7, 11) is -2.11. The lowest BCUT2D eigenvalue weighted by atomic mass is 10.1. The number of rotatable bonds is 6. The zero-order valence-electron chi connectivity index (χ0n) is 17.4. The van der Waals surface area contributed by atoms with Crippen LogP contribution in [0.5, 0.6) is 5.75 Å². The molecule has 2 aromatic carbocycles. The molecule has 8 nitrogen and oxygen atoms in total. The highest BCUT2D eigenvalue weighted by atomic mass is 35.5. The Hall–Kier alpha value is -2.72. The fourth-order valence-electron chi connectivity index (χ4n) is 3.42. The second-order valence-electron chi connectivity index (χ2n) is 7.21. The third-order valence-corrected chi connectivity index (χ3v) is 7.54. The molecule has 0 radical (unpaired) electrons. The van der Waals surface area contributed by atoms with Gasteiger partial charge in [-0.25, -0.2) is 8.42 Å². The second-order valence-corrected chi connectivity index (χ2v) is 9.53. The lowest BCUT2D eigenvalue weighted by Gasteiger charge is -2.26. The summed E-state index contributed by atoms with van der Waals surface area (Å²) in [5.74, 6) is 0.325. The number of sulfonamides is 1. The van der Waals surface area contributed by atoms with E-state index in [1.54, 1.807) is 13.2 Å². The smallest absolute Gasteiger partial charge is 0.254 e. The zero-order chi connectivity index (χ0) is 22.7. The zero-order valence-corrected chi connectivity index (χ0v) is 18.9. The van der Waals surface area contributed by atoms with Crippen LogP contribution in [0.1, 0.15) is 15.9 Å². The first-order valence-electron chi connectivity index (χ1n) is 9.97. The quantitative estimate of drug-likeness (QED) is 0.588. The van der Waals surface area contributed by atoms with Gasteiger partial charge in [0.2, 0.25) is 10.0 Å². The van der Waals surface area contributed by atoms with Gasteiger partial charge in [-0.05, 0) is 35.9 Å². The number of fused-ring (bicyclic) bond motifs is 1. The van der Waals surface area contributed by atoms with Gasteiger partial charge in [-0.1, -0.05) is 23.7 Å². The highest BCUT2D eigenvalue weighted by molar-refractivity contribution is 7.89. The number of pyridine rings is 1. The molecule has 1 fully saturated rings. The number of nitrogens with zero attached hydrogens (tertiary/aromatic N) is 2. The first-order chi connectivity index (χ1) is 15.4. The molecule has 1 amide bonds. The van der Waals surface area contributed by atoms with E-state index >= 15 is 0 Å². The van der Waals surface area contributed by atoms with Crippen molar-refractivity contribution in [1.82, 2.24) is 14.6 Å². The Labute approximate surface area is 191 Å². The van der Waals surface area contributed by atoms with E-state index in [1.165, 1.54) is 22.6 Å². The Morgan fingerprint density at radius 1 is 1.19 bits per heavy atom. The largest absolute Gasteiger partial charge is 0.497 e. The molecule has 1 aliphatic heterocycles. The Morgan fingerprint density at radius 2 is 1.91 bits per heavy atom. The molecule has 32 heavy (non-hydrogen) atoms. The van der Waals surface area contributed by atoms with Gasteiger partial charge < -0.3 is 14.8 Å². The number of benzene rings is 2. The van der Waals surface area contributed by atoms with Crippen LogP contribution in [0.4, 0.5) is 0 Å². The normalized spacial score (nSPS) is 14.9. The van der Waals surface area contributed by atoms with E-state index in [-0.39, 0.29) is 15.5 Å². The lowest BCUT2D eigenvalue weighted by molar-refractivity contribution is 0.0730. The van der Waals surface area contributed by atoms with Gasteiger partial charge in [0.1, 0.15) is 5.75 Å². The van der Waals surface area contributed by atoms with E-state index < -0.39 is 15.9 Å². The number of carbonyl (C=O) groups excluding carboxylic acids is 1. The summed E-state index contributed by atoms with van der Waals surface area (Å²) in [6, 6.07) is 11.9. The number of morpholine rings is 1. The van der Waals surface area contributed by atoms with Gasteiger partial charge in [0.25, 0.3) is 5.91 Å². The summed E-state index contributed by atoms with van der Waals surface area (Å²) in [4.78, 5) is 17.1. The van der Waals surface area contributed by atoms with Gasteiger partial charge in [-0.3, -0.25) is 9.78 Å². The van der Waals surface area contributed by atoms with Crippen LogP contribution in [0.3, 0.4) is 0 Å². The number of aromatic nitrogens is 1. The molecule has 0 saturated carbocycles. The summed E-state index contributed by atoms with van der Waals surface area (Å²) >= 11 is 6.52. The number of carbonyl (C=O) groups is 1. The van der Waals surface area contributed by atoms with Crippen molar-refractivity contribution in [2.75, 3.05) is 33.4 Å². The van der Waals surface area contributed by atoms with Gasteiger partial charge in [0.15, 0.2) is 0 Å². The highest BCUT2D eigenvalue weighted by Crippen LogP contribution is 2.29. The predicted molar refractivity (Wildman–Crippen MR) is 120 cm³/mol. The third-order valence-electron chi connectivity index (χ3n) is 5.24. The SMILES string of the molecule is COc1ccc(CNC(=O)c2cnc3ccc(S(=O)(=O)N4CCOCC4)cc3c2Cl)cc1. The van der Waals surface area contributed by atoms with Crippen molar-refractivity contribution in [3.63, 3.8) is 0 Å². The number of ether oxygens (including phenoxy) is 2. The predicted octanol–water partition coefficient (Wildman–Crippen LogP) is 2.85. The second kappa shape index (κ2) is 9.41. The number of hydrogen-bond donors (Lipinski definition) is 1. The van der Waals surface area contributed by atoms with Crippen LogP contribution in [-0.4, -0.2) is 57.0 Å². The van der Waals surface area contributed by atoms with Gasteiger partial charge in [-0.2, -0.15) is 4.31 Å². The van der Waals surface area contributed by atoms with Crippen LogP contribution in [0.15, 0.2) is 53.6 Å². The molecule has 0 unspecified atom stereocenters. The maximum absolute atomic E-state index is 13.0. The molecule has 0 bridgehead atoms. The van der Waals surface area contributed by atoms with E-state index in [0.29, 0.717) is 43.8 Å². The Bertz CT molecular complexity index is 1240. The van der Waals surface area contributed by atoms with E-state index in [2.05, 4.69) is 10.3 Å². The van der Waals surface area contributed by atoms with Crippen LogP contribution < -0.4 is 10.1 Å². The van der Waals surface area contributed by atoms with E-state index in [1.807, 2.05) is 24.3 Å². The Balaban J connectivity index is 1.58. The van der Waals surface area contributed by atoms with E-state index in [9.17, 15) is 13.2 Å². The Morgan fingerprint density at radius 3 is 2.59 bits per heavy atom. The summed E-state index contributed by atoms with van der Waals surface area (Å²) in [6.07, 6.45) is 1.39. The summed E-state index contributed by atoms with van der Waals surface area (Å²) < 4.78 is 37.7. The minimum absolute atomic E-state index is 0.103. The van der Waals surface area contributed by atoms with Crippen molar-refractivity contribution in [1.29, 1.82) is 0 Å². The van der Waals surface area contributed by atoms with Crippen molar-refractivity contribution in [2.45, 2.75) is 11.4 Å². The average Bonchev–Trinajstić information content (AvgIpc) is 2.83. The molecule has 2 heterocycles. The minimum atomic E-state index is -3.70. The van der Waals surface area contributed by atoms with Gasteiger partial charge in [0, 0.05) is 31.2 Å². The minimum Gasteiger partial charge on any atom is -0.497 e. The molecule has 1 aliphatic rings. The number of hydrogen-bond acceptors (Lipinski definition) is 6. The molecule has 10 heteroatoms. The molecular weight excluding hydrogens is 454 g/mol. The van der Waals surface area contributed by atoms with Crippen molar-refractivity contribution in [3.05, 3.63) is 64.8 Å². The number of nitrogens with one attached hydrogen (secondary N) is 1. The summed E-state index contributed by atoms with van der Waals surface area (Å²) in [6.45, 7) is 1.59. The fraction of sp³-hybridized carbons (Fsp3) is 0.273. The summed E-state index contributed by atoms with van der Waals surface area (Å²) in [5, 5.41) is 3.37. The van der Waals surface area contributed by atoms with Crippen LogP contribution in [0.25, 0.3) is 10.9 Å². The van der Waals surface area contributed by atoms with Crippen LogP contribution >= 0.6 is 11.6 Å². The number of methoxy groups -OCH3 is 1. The monoisotopic (exact) mass is 475 g/mol. The van der Waals surface area contributed by atoms with Gasteiger partial charge in [0.05, 0.1) is 41.3 Å². The molecule has 0 spiro atoms. The van der Waals surface area contributed by atoms with Crippen LogP contribution in [0, 0.1) is 0 Å². The average molecular weight is 476 g/mol. The molecule has 1 saturated heterocycles. The molecule has 1 N–H and O–H groups in total. The third kappa shape index (κ3) is 4.56. The first-order valence-corrected chi connectivity index (χ1v) is 11.8. The van der Waals surface area contributed by atoms with E-state index in [0.717, 1.165) is 11.3 Å². The molecule has 0 atom stereocenters. The van der Waals surface area contributed by atoms with Gasteiger partial charge in [-0.15, -0.1) is 0 Å². The summed E-state index contributed by atoms with van der Waals surface area (Å²) in [5.41, 5.74) is 1.57. The highest BCUT2D eigenvalue weighted by Gasteiger charge is 2.27. The number of amides is 1. The molecule has 1 aromatic heterocycles. The molecule has 4 rings (SSSR count). The lowest BCUT2D eigenvalue weighted by Crippen LogP contribution is -2.40. The number of halogens is 1. The van der Waals surface area contributed by atoms with Crippen molar-refractivity contribution in [3.8, 4) is 5.75 Å². The maximum atomic E-state index is 13.0. The van der Waals surface area contributed by atoms with Crippen molar-refractivity contribution < 1.29 is 22.7 Å². The standard InChI is InChI=1S/C22H22ClN3O5S/c1-30-16-4-2-15(3-5-16)13-25-22(27)19-14-24-20-7-6-17(12-18(20)21(19)23)32(28,29)26-8-10-31-11-9-26/h2-7,12,14H,8-11,13H2,1H3,(H,25,27). The van der Waals surface area contributed by atoms with Crippen molar-refractivity contribution >= 4 is 38.4 Å². The first kappa shape index (κ1) is 22.5. The van der Waals surface area contributed by atoms with Crippen LogP contribution in [0.2, 0.25) is 5.02 Å². The maximum Gasteiger partial charge on any atom is 0.254 e. The fourth-order valence-corrected chi connectivity index (χ4v) is 5.14. The van der Waals surface area contributed by atoms with E-state index in [4.69, 9.17) is 21.1 Å². The topological polar surface area (TPSA) is 97.8 Å². The molecule has 3 aromatic rings. The van der Waals surface area contributed by atoms with Gasteiger partial charge >= 0.3 is 0 Å².